The highest BCUT2D eigenvalue weighted by atomic mass is 19.1. The molecule has 0 saturated heterocycles. The first-order chi connectivity index (χ1) is 3.13. The topological polar surface area (TPSA) is 69.9 Å². The zero-order chi connectivity index (χ0) is 5.86. The van der Waals surface area contributed by atoms with Crippen LogP contribution < -0.4 is 0 Å². The van der Waals surface area contributed by atoms with E-state index in [0.29, 0.717) is 0 Å². The summed E-state index contributed by atoms with van der Waals surface area (Å²) >= 11 is 0. The van der Waals surface area contributed by atoms with Gasteiger partial charge in [-0.05, 0) is 0 Å². The molecule has 0 radical (unpaired) electrons. The number of halogens is 1. The van der Waals surface area contributed by atoms with Gasteiger partial charge in [-0.3, -0.25) is 4.32 Å². The Morgan fingerprint density at radius 2 is 1.71 bits per heavy atom. The molecule has 0 aliphatic heterocycles. The van der Waals surface area contributed by atoms with Crippen molar-refractivity contribution in [2.75, 3.05) is 0 Å². The highest BCUT2D eigenvalue weighted by Crippen LogP contribution is 1.80. The van der Waals surface area contributed by atoms with Crippen LogP contribution in [0.1, 0.15) is 0 Å². The summed E-state index contributed by atoms with van der Waals surface area (Å²) in [5, 5.41) is 22.8. The van der Waals surface area contributed by atoms with Gasteiger partial charge in [0.15, 0.2) is 0 Å². The van der Waals surface area contributed by atoms with Crippen LogP contribution in [0.5, 0.6) is 0 Å². The molecular formula is H3B2FO4. The van der Waals surface area contributed by atoms with Crippen LogP contribution >= 0.6 is 0 Å². The zero-order valence-corrected chi connectivity index (χ0v) is 3.28. The van der Waals surface area contributed by atoms with Gasteiger partial charge in [0, 0.05) is 0 Å². The summed E-state index contributed by atoms with van der Waals surface area (Å²) in [7, 11) is -4.88. The maximum absolute atomic E-state index is 11.0. The molecule has 7 heteroatoms. The third kappa shape index (κ3) is 5.90. The fraction of sp³-hybridized carbons (Fsp3) is 0. The molecule has 0 atom stereocenters. The van der Waals surface area contributed by atoms with Gasteiger partial charge in [-0.15, -0.1) is 0 Å². The highest BCUT2D eigenvalue weighted by Gasteiger charge is 2.20. The lowest BCUT2D eigenvalue weighted by Gasteiger charge is -1.93. The molecule has 0 aromatic carbocycles. The monoisotopic (exact) mass is 108 g/mol. The van der Waals surface area contributed by atoms with Crippen molar-refractivity contribution < 1.29 is 24.0 Å². The Labute approximate surface area is 39.9 Å². The molecule has 0 fully saturated rings. The highest BCUT2D eigenvalue weighted by molar-refractivity contribution is 6.48. The molecule has 0 heterocycles. The molecule has 0 aliphatic carbocycles. The second-order valence-electron chi connectivity index (χ2n) is 0.754. The molecule has 0 amide bonds. The summed E-state index contributed by atoms with van der Waals surface area (Å²) < 4.78 is 14.2. The maximum atomic E-state index is 11.0. The Hall–Kier alpha value is -0.100. The molecule has 0 aliphatic rings. The lowest BCUT2D eigenvalue weighted by Crippen LogP contribution is -2.25. The SMILES string of the molecule is OB(O)OB(O)F. The first kappa shape index (κ1) is 6.90. The second kappa shape index (κ2) is 2.98. The Kier molecular flexibility index (Phi) is 2.93. The van der Waals surface area contributed by atoms with Crippen molar-refractivity contribution in [2.24, 2.45) is 0 Å². The van der Waals surface area contributed by atoms with Gasteiger partial charge < -0.3 is 19.6 Å². The van der Waals surface area contributed by atoms with Crippen molar-refractivity contribution in [1.82, 2.24) is 0 Å². The van der Waals surface area contributed by atoms with Crippen LogP contribution in [0.15, 0.2) is 0 Å². The fourth-order valence-electron chi connectivity index (χ4n) is 0.100. The average Bonchev–Trinajstić information content (AvgIpc) is 1.27. The van der Waals surface area contributed by atoms with E-state index in [1.165, 1.54) is 0 Å². The van der Waals surface area contributed by atoms with Crippen molar-refractivity contribution in [3.05, 3.63) is 0 Å². The van der Waals surface area contributed by atoms with E-state index in [1.54, 1.807) is 0 Å². The number of hydrogen-bond donors (Lipinski definition) is 3. The predicted octanol–water partition coefficient (Wildman–Crippen LogP) is -2.08. The molecule has 0 rings (SSSR count). The van der Waals surface area contributed by atoms with Crippen molar-refractivity contribution in [3.63, 3.8) is 0 Å². The van der Waals surface area contributed by atoms with E-state index in [9.17, 15) is 4.32 Å². The van der Waals surface area contributed by atoms with Gasteiger partial charge in [-0.25, -0.2) is 0 Å². The van der Waals surface area contributed by atoms with Gasteiger partial charge in [-0.2, -0.15) is 0 Å². The van der Waals surface area contributed by atoms with Crippen molar-refractivity contribution in [3.8, 4) is 0 Å². The zero-order valence-electron chi connectivity index (χ0n) is 3.28. The van der Waals surface area contributed by atoms with E-state index in [-0.39, 0.29) is 0 Å². The lowest BCUT2D eigenvalue weighted by molar-refractivity contribution is 0.239. The molecule has 0 spiro atoms. The van der Waals surface area contributed by atoms with E-state index in [0.717, 1.165) is 0 Å². The Morgan fingerprint density at radius 3 is 1.71 bits per heavy atom. The van der Waals surface area contributed by atoms with Crippen molar-refractivity contribution in [2.45, 2.75) is 0 Å². The van der Waals surface area contributed by atoms with Gasteiger partial charge in [0.25, 0.3) is 0 Å². The maximum Gasteiger partial charge on any atom is 0.665 e. The minimum atomic E-state index is -2.63. The van der Waals surface area contributed by atoms with Crippen molar-refractivity contribution >= 4 is 14.7 Å². The summed E-state index contributed by atoms with van der Waals surface area (Å²) in [5.74, 6) is 0. The van der Waals surface area contributed by atoms with Gasteiger partial charge in [0.2, 0.25) is 0 Å². The van der Waals surface area contributed by atoms with Gasteiger partial charge >= 0.3 is 14.7 Å². The molecule has 0 saturated carbocycles. The summed E-state index contributed by atoms with van der Waals surface area (Å²) in [5.41, 5.74) is 0. The molecule has 0 unspecified atom stereocenters. The minimum absolute atomic E-state index is 2.25. The summed E-state index contributed by atoms with van der Waals surface area (Å²) in [6.45, 7) is 0. The molecule has 40 valence electrons. The quantitative estimate of drug-likeness (QED) is 0.355. The Bertz CT molecular complexity index is 39.0. The van der Waals surface area contributed by atoms with Crippen LogP contribution in [0.4, 0.5) is 4.32 Å². The molecule has 0 aromatic rings. The minimum Gasteiger partial charge on any atom is -0.402 e. The second-order valence-corrected chi connectivity index (χ2v) is 0.754. The number of rotatable bonds is 2. The third-order valence-corrected chi connectivity index (χ3v) is 0.234. The van der Waals surface area contributed by atoms with E-state index in [4.69, 9.17) is 15.1 Å². The van der Waals surface area contributed by atoms with E-state index < -0.39 is 14.7 Å². The summed E-state index contributed by atoms with van der Waals surface area (Å²) in [6.07, 6.45) is 0. The van der Waals surface area contributed by atoms with Crippen LogP contribution in [0, 0.1) is 0 Å². The molecule has 4 nitrogen and oxygen atoms in total. The van der Waals surface area contributed by atoms with Crippen LogP contribution in [0.25, 0.3) is 0 Å². The molecular weight excluding hydrogens is 105 g/mol. The third-order valence-electron chi connectivity index (χ3n) is 0.234. The van der Waals surface area contributed by atoms with E-state index >= 15 is 0 Å². The smallest absolute Gasteiger partial charge is 0.402 e. The fourth-order valence-corrected chi connectivity index (χ4v) is 0.100. The summed E-state index contributed by atoms with van der Waals surface area (Å²) in [6, 6.07) is 0. The first-order valence-electron chi connectivity index (χ1n) is 1.46. The normalized spacial score (nSPS) is 8.57. The van der Waals surface area contributed by atoms with E-state index in [1.807, 2.05) is 0 Å². The Morgan fingerprint density at radius 1 is 1.29 bits per heavy atom. The van der Waals surface area contributed by atoms with Gasteiger partial charge in [0.05, 0.1) is 0 Å². The van der Waals surface area contributed by atoms with E-state index in [2.05, 4.69) is 4.57 Å². The summed E-state index contributed by atoms with van der Waals surface area (Å²) in [4.78, 5) is 0. The molecule has 0 bridgehead atoms. The van der Waals surface area contributed by atoms with Crippen molar-refractivity contribution in [1.29, 1.82) is 0 Å². The molecule has 3 N–H and O–H groups in total. The Balaban J connectivity index is 2.95. The van der Waals surface area contributed by atoms with Crippen LogP contribution in [0.3, 0.4) is 0 Å². The number of hydrogen-bond acceptors (Lipinski definition) is 4. The predicted molar refractivity (Wildman–Crippen MR) is 20.4 cm³/mol. The molecule has 7 heavy (non-hydrogen) atoms. The molecule has 0 aromatic heterocycles. The van der Waals surface area contributed by atoms with Crippen LogP contribution in [-0.4, -0.2) is 29.8 Å². The van der Waals surface area contributed by atoms with Gasteiger partial charge in [0.1, 0.15) is 0 Å². The van der Waals surface area contributed by atoms with Gasteiger partial charge in [-0.1, -0.05) is 0 Å². The largest absolute Gasteiger partial charge is 0.665 e. The average molecular weight is 108 g/mol. The standard InChI is InChI=1S/B2FH3O4/c3-1(4)7-2(5)6/h4-6H. The van der Waals surface area contributed by atoms with Crippen LogP contribution in [-0.2, 0) is 4.57 Å². The van der Waals surface area contributed by atoms with Crippen LogP contribution in [0.2, 0.25) is 0 Å². The first-order valence-corrected chi connectivity index (χ1v) is 1.46. The lowest BCUT2D eigenvalue weighted by atomic mass is 10.2.